The van der Waals surface area contributed by atoms with Crippen LogP contribution in [0.5, 0.6) is 0 Å². The summed E-state index contributed by atoms with van der Waals surface area (Å²) in [4.78, 5) is 0. The molecule has 4 nitrogen and oxygen atoms in total. The van der Waals surface area contributed by atoms with Crippen LogP contribution in [0.25, 0.3) is 0 Å². The third-order valence-corrected chi connectivity index (χ3v) is 3.18. The number of rotatable bonds is 4. The molecule has 0 radical (unpaired) electrons. The van der Waals surface area contributed by atoms with Gasteiger partial charge in [-0.2, -0.15) is 10.4 Å². The number of nitriles is 1. The molecule has 0 spiro atoms. The van der Waals surface area contributed by atoms with Gasteiger partial charge in [-0.15, -0.1) is 5.10 Å². The molecule has 1 fully saturated rings. The predicted octanol–water partition coefficient (Wildman–Crippen LogP) is 1.95. The molecule has 1 saturated carbocycles. The molecule has 1 heterocycles. The molecule has 2 rings (SSSR count). The molecule has 1 aromatic heterocycles. The van der Waals surface area contributed by atoms with E-state index in [4.69, 9.17) is 5.26 Å². The quantitative estimate of drug-likeness (QED) is 0.810. The van der Waals surface area contributed by atoms with Crippen molar-refractivity contribution >= 4 is 5.82 Å². The molecule has 0 unspecified atom stereocenters. The topological polar surface area (TPSA) is 61.6 Å². The summed E-state index contributed by atoms with van der Waals surface area (Å²) in [5, 5.41) is 19.8. The Bertz CT molecular complexity index is 390. The van der Waals surface area contributed by atoms with Crippen molar-refractivity contribution in [1.82, 2.24) is 10.2 Å². The van der Waals surface area contributed by atoms with Gasteiger partial charge in [0, 0.05) is 6.54 Å². The standard InChI is InChI=1S/C11H14N4/c1-2-11(4-5-11)8-13-10-9(7-12)3-6-14-15-10/h3,6H,2,4-5,8H2,1H3,(H,13,15). The fraction of sp³-hybridized carbons (Fsp3) is 0.545. The van der Waals surface area contributed by atoms with Crippen molar-refractivity contribution in [3.8, 4) is 6.07 Å². The predicted molar refractivity (Wildman–Crippen MR) is 57.2 cm³/mol. The number of nitrogens with one attached hydrogen (secondary N) is 1. The Balaban J connectivity index is 2.02. The zero-order valence-corrected chi connectivity index (χ0v) is 8.82. The van der Waals surface area contributed by atoms with E-state index in [1.165, 1.54) is 25.5 Å². The lowest BCUT2D eigenvalue weighted by molar-refractivity contribution is 0.520. The summed E-state index contributed by atoms with van der Waals surface area (Å²) >= 11 is 0. The summed E-state index contributed by atoms with van der Waals surface area (Å²) in [5.41, 5.74) is 1.02. The SMILES string of the molecule is CCC1(CNc2nnccc2C#N)CC1. The highest BCUT2D eigenvalue weighted by Crippen LogP contribution is 2.48. The van der Waals surface area contributed by atoms with E-state index in [0.29, 0.717) is 16.8 Å². The van der Waals surface area contributed by atoms with Crippen molar-refractivity contribution in [3.63, 3.8) is 0 Å². The Kier molecular flexibility index (Phi) is 2.55. The van der Waals surface area contributed by atoms with Gasteiger partial charge in [-0.05, 0) is 30.7 Å². The smallest absolute Gasteiger partial charge is 0.166 e. The monoisotopic (exact) mass is 202 g/mol. The Morgan fingerprint density at radius 2 is 2.40 bits per heavy atom. The van der Waals surface area contributed by atoms with E-state index in [1.54, 1.807) is 6.07 Å². The van der Waals surface area contributed by atoms with Gasteiger partial charge in [0.05, 0.1) is 11.8 Å². The molecular formula is C11H14N4. The van der Waals surface area contributed by atoms with Crippen molar-refractivity contribution in [1.29, 1.82) is 5.26 Å². The number of aromatic nitrogens is 2. The van der Waals surface area contributed by atoms with E-state index < -0.39 is 0 Å². The fourth-order valence-electron chi connectivity index (χ4n) is 1.66. The molecule has 0 atom stereocenters. The average molecular weight is 202 g/mol. The van der Waals surface area contributed by atoms with Gasteiger partial charge in [-0.1, -0.05) is 6.92 Å². The van der Waals surface area contributed by atoms with Crippen molar-refractivity contribution in [2.24, 2.45) is 5.41 Å². The molecule has 0 saturated heterocycles. The minimum absolute atomic E-state index is 0.449. The Morgan fingerprint density at radius 1 is 1.60 bits per heavy atom. The minimum atomic E-state index is 0.449. The van der Waals surface area contributed by atoms with Crippen LogP contribution in [0.4, 0.5) is 5.82 Å². The number of hydrogen-bond donors (Lipinski definition) is 1. The second-order valence-electron chi connectivity index (χ2n) is 4.11. The first-order valence-electron chi connectivity index (χ1n) is 5.25. The largest absolute Gasteiger partial charge is 0.367 e. The first-order valence-corrected chi connectivity index (χ1v) is 5.25. The van der Waals surface area contributed by atoms with E-state index in [-0.39, 0.29) is 0 Å². The zero-order chi connectivity index (χ0) is 10.7. The zero-order valence-electron chi connectivity index (χ0n) is 8.82. The van der Waals surface area contributed by atoms with E-state index in [0.717, 1.165) is 6.54 Å². The molecule has 0 aliphatic heterocycles. The molecule has 78 valence electrons. The van der Waals surface area contributed by atoms with Crippen molar-refractivity contribution < 1.29 is 0 Å². The van der Waals surface area contributed by atoms with Crippen LogP contribution >= 0.6 is 0 Å². The lowest BCUT2D eigenvalue weighted by atomic mass is 10.0. The van der Waals surface area contributed by atoms with Crippen molar-refractivity contribution in [2.45, 2.75) is 26.2 Å². The van der Waals surface area contributed by atoms with Crippen molar-refractivity contribution in [2.75, 3.05) is 11.9 Å². The van der Waals surface area contributed by atoms with Gasteiger partial charge in [-0.25, -0.2) is 0 Å². The molecule has 1 N–H and O–H groups in total. The molecule has 1 aliphatic rings. The number of hydrogen-bond acceptors (Lipinski definition) is 4. The highest BCUT2D eigenvalue weighted by atomic mass is 15.2. The normalized spacial score (nSPS) is 16.8. The third kappa shape index (κ3) is 2.07. The van der Waals surface area contributed by atoms with Crippen LogP contribution in [0, 0.1) is 16.7 Å². The molecule has 15 heavy (non-hydrogen) atoms. The second-order valence-corrected chi connectivity index (χ2v) is 4.11. The summed E-state index contributed by atoms with van der Waals surface area (Å²) < 4.78 is 0. The summed E-state index contributed by atoms with van der Waals surface area (Å²) in [6.45, 7) is 3.10. The summed E-state index contributed by atoms with van der Waals surface area (Å²) in [7, 11) is 0. The van der Waals surface area contributed by atoms with E-state index in [9.17, 15) is 0 Å². The molecule has 0 bridgehead atoms. The van der Waals surface area contributed by atoms with Crippen LogP contribution in [0.1, 0.15) is 31.7 Å². The van der Waals surface area contributed by atoms with Gasteiger partial charge >= 0.3 is 0 Å². The lowest BCUT2D eigenvalue weighted by Crippen LogP contribution is -2.16. The first kappa shape index (κ1) is 9.91. The number of anilines is 1. The van der Waals surface area contributed by atoms with Crippen LogP contribution in [-0.2, 0) is 0 Å². The number of nitrogens with zero attached hydrogens (tertiary/aromatic N) is 3. The second kappa shape index (κ2) is 3.85. The summed E-state index contributed by atoms with van der Waals surface area (Å²) in [6.07, 6.45) is 5.27. The maximum absolute atomic E-state index is 8.86. The third-order valence-electron chi connectivity index (χ3n) is 3.18. The maximum Gasteiger partial charge on any atom is 0.166 e. The first-order chi connectivity index (χ1) is 7.29. The van der Waals surface area contributed by atoms with Crippen LogP contribution in [0.15, 0.2) is 12.3 Å². The van der Waals surface area contributed by atoms with Crippen LogP contribution in [-0.4, -0.2) is 16.7 Å². The van der Waals surface area contributed by atoms with Gasteiger partial charge < -0.3 is 5.32 Å². The van der Waals surface area contributed by atoms with E-state index >= 15 is 0 Å². The average Bonchev–Trinajstić information content (AvgIpc) is 3.07. The van der Waals surface area contributed by atoms with Gasteiger partial charge in [0.25, 0.3) is 0 Å². The van der Waals surface area contributed by atoms with Crippen LogP contribution < -0.4 is 5.32 Å². The van der Waals surface area contributed by atoms with Gasteiger partial charge in [-0.3, -0.25) is 0 Å². The molecule has 1 aliphatic carbocycles. The molecule has 1 aromatic rings. The Hall–Kier alpha value is -1.63. The molecular weight excluding hydrogens is 188 g/mol. The minimum Gasteiger partial charge on any atom is -0.367 e. The Labute approximate surface area is 89.3 Å². The highest BCUT2D eigenvalue weighted by molar-refractivity contribution is 5.50. The van der Waals surface area contributed by atoms with Crippen LogP contribution in [0.2, 0.25) is 0 Å². The van der Waals surface area contributed by atoms with Gasteiger partial charge in [0.15, 0.2) is 5.82 Å². The summed E-state index contributed by atoms with van der Waals surface area (Å²) in [5.74, 6) is 0.611. The molecule has 4 heteroatoms. The van der Waals surface area contributed by atoms with Crippen molar-refractivity contribution in [3.05, 3.63) is 17.8 Å². The lowest BCUT2D eigenvalue weighted by Gasteiger charge is -2.13. The Morgan fingerprint density at radius 3 is 3.00 bits per heavy atom. The van der Waals surface area contributed by atoms with Gasteiger partial charge in [0.1, 0.15) is 6.07 Å². The molecule has 0 amide bonds. The van der Waals surface area contributed by atoms with E-state index in [2.05, 4.69) is 28.5 Å². The van der Waals surface area contributed by atoms with E-state index in [1.807, 2.05) is 0 Å². The highest BCUT2D eigenvalue weighted by Gasteiger charge is 2.40. The maximum atomic E-state index is 8.86. The fourth-order valence-corrected chi connectivity index (χ4v) is 1.66. The van der Waals surface area contributed by atoms with Gasteiger partial charge in [0.2, 0.25) is 0 Å². The summed E-state index contributed by atoms with van der Waals surface area (Å²) in [6, 6.07) is 3.79. The van der Waals surface area contributed by atoms with Crippen LogP contribution in [0.3, 0.4) is 0 Å². The molecule has 0 aromatic carbocycles.